The first kappa shape index (κ1) is 8.03. The Morgan fingerprint density at radius 1 is 1.25 bits per heavy atom. The van der Waals surface area contributed by atoms with Gasteiger partial charge in [-0.2, -0.15) is 0 Å². The SMILES string of the molecule is O=C1CCCC[C@@H]2C=CCC[C@H]12. The van der Waals surface area contributed by atoms with Crippen molar-refractivity contribution in [2.45, 2.75) is 38.5 Å². The maximum absolute atomic E-state index is 11.6. The maximum Gasteiger partial charge on any atom is 0.136 e. The van der Waals surface area contributed by atoms with E-state index in [2.05, 4.69) is 12.2 Å². The molecule has 0 aromatic rings. The van der Waals surface area contributed by atoms with E-state index >= 15 is 0 Å². The van der Waals surface area contributed by atoms with E-state index in [1.54, 1.807) is 0 Å². The zero-order valence-corrected chi connectivity index (χ0v) is 7.46. The van der Waals surface area contributed by atoms with Crippen LogP contribution in [0.15, 0.2) is 12.2 Å². The molecular weight excluding hydrogens is 148 g/mol. The molecule has 1 fully saturated rings. The molecule has 66 valence electrons. The van der Waals surface area contributed by atoms with Crippen LogP contribution >= 0.6 is 0 Å². The summed E-state index contributed by atoms with van der Waals surface area (Å²) in [5, 5.41) is 0. The van der Waals surface area contributed by atoms with E-state index in [0.717, 1.165) is 25.7 Å². The lowest BCUT2D eigenvalue weighted by molar-refractivity contribution is -0.123. The molecule has 0 unspecified atom stereocenters. The van der Waals surface area contributed by atoms with Gasteiger partial charge in [-0.15, -0.1) is 0 Å². The first-order chi connectivity index (χ1) is 5.88. The van der Waals surface area contributed by atoms with Gasteiger partial charge < -0.3 is 0 Å². The summed E-state index contributed by atoms with van der Waals surface area (Å²) in [5.74, 6) is 1.51. The smallest absolute Gasteiger partial charge is 0.136 e. The second-order valence-corrected chi connectivity index (χ2v) is 3.99. The molecule has 1 heteroatoms. The van der Waals surface area contributed by atoms with E-state index < -0.39 is 0 Å². The maximum atomic E-state index is 11.6. The summed E-state index contributed by atoms with van der Waals surface area (Å²) >= 11 is 0. The molecule has 2 aliphatic carbocycles. The van der Waals surface area contributed by atoms with Crippen LogP contribution in [0, 0.1) is 11.8 Å². The number of allylic oxidation sites excluding steroid dienone is 2. The first-order valence-corrected chi connectivity index (χ1v) is 5.07. The fraction of sp³-hybridized carbons (Fsp3) is 0.727. The normalized spacial score (nSPS) is 35.8. The minimum atomic E-state index is 0.387. The second-order valence-electron chi connectivity index (χ2n) is 3.99. The van der Waals surface area contributed by atoms with Crippen molar-refractivity contribution in [3.63, 3.8) is 0 Å². The molecule has 0 heterocycles. The Bertz CT molecular complexity index is 205. The molecule has 0 spiro atoms. The third-order valence-corrected chi connectivity index (χ3v) is 3.17. The molecule has 2 rings (SSSR count). The Labute approximate surface area is 73.8 Å². The average molecular weight is 164 g/mol. The van der Waals surface area contributed by atoms with Gasteiger partial charge in [0.1, 0.15) is 5.78 Å². The molecule has 1 nitrogen and oxygen atoms in total. The number of carbonyl (C=O) groups is 1. The molecule has 0 bridgehead atoms. The predicted octanol–water partition coefficient (Wildman–Crippen LogP) is 2.71. The summed E-state index contributed by atoms with van der Waals surface area (Å²) in [7, 11) is 0. The number of rotatable bonds is 0. The summed E-state index contributed by atoms with van der Waals surface area (Å²) < 4.78 is 0. The van der Waals surface area contributed by atoms with Crippen LogP contribution in [0.3, 0.4) is 0 Å². The van der Waals surface area contributed by atoms with Crippen LogP contribution in [0.4, 0.5) is 0 Å². The topological polar surface area (TPSA) is 17.1 Å². The van der Waals surface area contributed by atoms with Gasteiger partial charge in [0.15, 0.2) is 0 Å². The van der Waals surface area contributed by atoms with Crippen molar-refractivity contribution in [1.82, 2.24) is 0 Å². The van der Waals surface area contributed by atoms with Gasteiger partial charge in [-0.05, 0) is 31.6 Å². The van der Waals surface area contributed by atoms with E-state index in [1.165, 1.54) is 12.8 Å². The van der Waals surface area contributed by atoms with Crippen molar-refractivity contribution in [1.29, 1.82) is 0 Å². The summed E-state index contributed by atoms with van der Waals surface area (Å²) in [4.78, 5) is 11.6. The van der Waals surface area contributed by atoms with E-state index in [1.807, 2.05) is 0 Å². The van der Waals surface area contributed by atoms with Crippen molar-refractivity contribution in [2.24, 2.45) is 11.8 Å². The fourth-order valence-electron chi connectivity index (χ4n) is 2.46. The van der Waals surface area contributed by atoms with Gasteiger partial charge in [0, 0.05) is 12.3 Å². The summed E-state index contributed by atoms with van der Waals surface area (Å²) in [6, 6.07) is 0. The molecule has 0 saturated heterocycles. The Morgan fingerprint density at radius 3 is 3.08 bits per heavy atom. The Hall–Kier alpha value is -0.590. The zero-order chi connectivity index (χ0) is 8.39. The lowest BCUT2D eigenvalue weighted by Gasteiger charge is -2.23. The summed E-state index contributed by atoms with van der Waals surface area (Å²) in [6.45, 7) is 0. The van der Waals surface area contributed by atoms with Crippen molar-refractivity contribution >= 4 is 5.78 Å². The Kier molecular flexibility index (Phi) is 2.29. The summed E-state index contributed by atoms with van der Waals surface area (Å²) in [6.07, 6.45) is 11.2. The van der Waals surface area contributed by atoms with Crippen LogP contribution in [-0.4, -0.2) is 5.78 Å². The van der Waals surface area contributed by atoms with E-state index in [0.29, 0.717) is 17.6 Å². The minimum absolute atomic E-state index is 0.387. The molecular formula is C11H16O. The van der Waals surface area contributed by atoms with Gasteiger partial charge in [-0.3, -0.25) is 4.79 Å². The van der Waals surface area contributed by atoms with E-state index in [-0.39, 0.29) is 0 Å². The van der Waals surface area contributed by atoms with Gasteiger partial charge >= 0.3 is 0 Å². The van der Waals surface area contributed by atoms with Crippen LogP contribution in [0.1, 0.15) is 38.5 Å². The Balaban J connectivity index is 2.14. The lowest BCUT2D eigenvalue weighted by atomic mass is 9.80. The van der Waals surface area contributed by atoms with Gasteiger partial charge in [0.2, 0.25) is 0 Å². The molecule has 0 aliphatic heterocycles. The molecule has 1 saturated carbocycles. The molecule has 0 aromatic carbocycles. The summed E-state index contributed by atoms with van der Waals surface area (Å²) in [5.41, 5.74) is 0. The number of ketones is 1. The largest absolute Gasteiger partial charge is 0.299 e. The van der Waals surface area contributed by atoms with Crippen molar-refractivity contribution in [3.8, 4) is 0 Å². The highest BCUT2D eigenvalue weighted by molar-refractivity contribution is 5.81. The predicted molar refractivity (Wildman–Crippen MR) is 48.8 cm³/mol. The van der Waals surface area contributed by atoms with Crippen LogP contribution in [0.25, 0.3) is 0 Å². The molecule has 0 N–H and O–H groups in total. The molecule has 0 aromatic heterocycles. The first-order valence-electron chi connectivity index (χ1n) is 5.07. The third-order valence-electron chi connectivity index (χ3n) is 3.17. The molecule has 12 heavy (non-hydrogen) atoms. The average Bonchev–Trinajstić information content (AvgIpc) is 2.29. The van der Waals surface area contributed by atoms with Crippen LogP contribution in [0.2, 0.25) is 0 Å². The standard InChI is InChI=1S/C11H16O/c12-11-8-4-2-6-9-5-1-3-7-10(9)11/h1,5,9-10H,2-4,6-8H2/t9-,10-/m0/s1. The van der Waals surface area contributed by atoms with Crippen LogP contribution in [0.5, 0.6) is 0 Å². The molecule has 0 radical (unpaired) electrons. The van der Waals surface area contributed by atoms with Gasteiger partial charge in [-0.25, -0.2) is 0 Å². The third kappa shape index (κ3) is 1.45. The van der Waals surface area contributed by atoms with Crippen molar-refractivity contribution in [3.05, 3.63) is 12.2 Å². The highest BCUT2D eigenvalue weighted by atomic mass is 16.1. The van der Waals surface area contributed by atoms with Gasteiger partial charge in [0.25, 0.3) is 0 Å². The fourth-order valence-corrected chi connectivity index (χ4v) is 2.46. The molecule has 2 atom stereocenters. The highest BCUT2D eigenvalue weighted by Gasteiger charge is 2.29. The number of Topliss-reactive ketones (excluding diaryl/α,β-unsaturated/α-hetero) is 1. The quantitative estimate of drug-likeness (QED) is 0.503. The Morgan fingerprint density at radius 2 is 2.17 bits per heavy atom. The second kappa shape index (κ2) is 3.42. The molecule has 0 amide bonds. The minimum Gasteiger partial charge on any atom is -0.299 e. The number of fused-ring (bicyclic) bond motifs is 1. The van der Waals surface area contributed by atoms with Crippen LogP contribution < -0.4 is 0 Å². The van der Waals surface area contributed by atoms with Gasteiger partial charge in [0.05, 0.1) is 0 Å². The number of hydrogen-bond donors (Lipinski definition) is 0. The molecule has 2 aliphatic rings. The number of carbonyl (C=O) groups excluding carboxylic acids is 1. The van der Waals surface area contributed by atoms with Crippen LogP contribution in [-0.2, 0) is 4.79 Å². The van der Waals surface area contributed by atoms with E-state index in [4.69, 9.17) is 0 Å². The van der Waals surface area contributed by atoms with Gasteiger partial charge in [-0.1, -0.05) is 18.6 Å². The van der Waals surface area contributed by atoms with Crippen molar-refractivity contribution < 1.29 is 4.79 Å². The highest BCUT2D eigenvalue weighted by Crippen LogP contribution is 2.33. The zero-order valence-electron chi connectivity index (χ0n) is 7.46. The lowest BCUT2D eigenvalue weighted by Crippen LogP contribution is -2.22. The monoisotopic (exact) mass is 164 g/mol. The van der Waals surface area contributed by atoms with Crippen molar-refractivity contribution in [2.75, 3.05) is 0 Å². The number of hydrogen-bond acceptors (Lipinski definition) is 1. The van der Waals surface area contributed by atoms with E-state index in [9.17, 15) is 4.79 Å².